The van der Waals surface area contributed by atoms with E-state index >= 15 is 0 Å². The van der Waals surface area contributed by atoms with E-state index in [1.54, 1.807) is 12.5 Å². The monoisotopic (exact) mass is 278 g/mol. The third kappa shape index (κ3) is 4.56. The van der Waals surface area contributed by atoms with Gasteiger partial charge in [-0.1, -0.05) is 48.5 Å². The van der Waals surface area contributed by atoms with Gasteiger partial charge in [-0.15, -0.1) is 0 Å². The van der Waals surface area contributed by atoms with E-state index in [1.807, 2.05) is 48.5 Å². The molecule has 2 rings (SSSR count). The average molecular weight is 278 g/mol. The molecule has 2 aromatic rings. The van der Waals surface area contributed by atoms with E-state index in [9.17, 15) is 0 Å². The summed E-state index contributed by atoms with van der Waals surface area (Å²) in [7, 11) is 0. The molecule has 0 aliphatic rings. The van der Waals surface area contributed by atoms with Crippen molar-refractivity contribution in [3.05, 3.63) is 70.8 Å². The molecule has 0 spiro atoms. The van der Waals surface area contributed by atoms with Crippen LogP contribution in [-0.2, 0) is 29.1 Å². The Bertz CT molecular complexity index is 590. The molecule has 0 radical (unpaired) electrons. The van der Waals surface area contributed by atoms with Gasteiger partial charge < -0.3 is 9.47 Å². The highest BCUT2D eigenvalue weighted by atomic mass is 16.5. The molecule has 0 unspecified atom stereocenters. The maximum absolute atomic E-state index is 8.35. The summed E-state index contributed by atoms with van der Waals surface area (Å²) in [6, 6.07) is 16.0. The Morgan fingerprint density at radius 2 is 0.952 bits per heavy atom. The number of rotatable bonds is 6. The van der Waals surface area contributed by atoms with E-state index in [1.165, 1.54) is 11.1 Å². The summed E-state index contributed by atoms with van der Waals surface area (Å²) in [5, 5.41) is 16.7. The summed E-state index contributed by atoms with van der Waals surface area (Å²) >= 11 is 0. The highest BCUT2D eigenvalue weighted by Crippen LogP contribution is 2.13. The third-order valence-electron chi connectivity index (χ3n) is 3.06. The molecule has 0 aliphatic heterocycles. The largest absolute Gasteiger partial charge is 0.423 e. The van der Waals surface area contributed by atoms with Crippen LogP contribution in [0.15, 0.2) is 48.5 Å². The highest BCUT2D eigenvalue weighted by Gasteiger charge is 1.99. The molecular weight excluding hydrogens is 264 g/mol. The molecule has 4 nitrogen and oxygen atoms in total. The van der Waals surface area contributed by atoms with Gasteiger partial charge in [-0.25, -0.2) is 0 Å². The van der Waals surface area contributed by atoms with Crippen LogP contribution in [0, 0.1) is 23.0 Å². The predicted octanol–water partition coefficient (Wildman–Crippen LogP) is 3.27. The zero-order chi connectivity index (χ0) is 14.9. The minimum absolute atomic E-state index is 0.310. The molecule has 0 N–H and O–H groups in total. The Labute approximate surface area is 123 Å². The summed E-state index contributed by atoms with van der Waals surface area (Å²) in [6.07, 6.45) is 4.15. The molecule has 0 fully saturated rings. The Balaban J connectivity index is 1.95. The molecule has 0 saturated carbocycles. The van der Waals surface area contributed by atoms with Crippen LogP contribution in [0.25, 0.3) is 0 Å². The molecule has 0 saturated heterocycles. The number of nitrogens with zero attached hydrogens (tertiary/aromatic N) is 2. The van der Waals surface area contributed by atoms with Gasteiger partial charge in [0.05, 0.1) is 0 Å². The molecule has 0 bridgehead atoms. The van der Waals surface area contributed by atoms with Crippen molar-refractivity contribution in [2.75, 3.05) is 0 Å². The SMILES string of the molecule is N#COCc1ccc(Cc2ccc(COC#N)cc2)cc1. The maximum atomic E-state index is 8.35. The first-order chi connectivity index (χ1) is 10.3. The van der Waals surface area contributed by atoms with Crippen molar-refractivity contribution < 1.29 is 9.47 Å². The number of benzene rings is 2. The lowest BCUT2D eigenvalue weighted by Gasteiger charge is -2.05. The smallest absolute Gasteiger partial charge is 0.286 e. The van der Waals surface area contributed by atoms with Crippen LogP contribution in [0.4, 0.5) is 0 Å². The van der Waals surface area contributed by atoms with Crippen LogP contribution >= 0.6 is 0 Å². The van der Waals surface area contributed by atoms with E-state index in [2.05, 4.69) is 0 Å². The van der Waals surface area contributed by atoms with E-state index in [-0.39, 0.29) is 0 Å². The van der Waals surface area contributed by atoms with Crippen molar-refractivity contribution in [1.29, 1.82) is 10.5 Å². The van der Waals surface area contributed by atoms with Crippen molar-refractivity contribution in [1.82, 2.24) is 0 Å². The van der Waals surface area contributed by atoms with Crippen molar-refractivity contribution in [3.8, 4) is 12.5 Å². The lowest BCUT2D eigenvalue weighted by Crippen LogP contribution is -1.92. The lowest BCUT2D eigenvalue weighted by atomic mass is 10.0. The van der Waals surface area contributed by atoms with Crippen molar-refractivity contribution >= 4 is 0 Å². The molecule has 4 heteroatoms. The minimum Gasteiger partial charge on any atom is -0.423 e. The van der Waals surface area contributed by atoms with Crippen LogP contribution in [0.2, 0.25) is 0 Å². The predicted molar refractivity (Wildman–Crippen MR) is 76.5 cm³/mol. The highest BCUT2D eigenvalue weighted by molar-refractivity contribution is 5.30. The fraction of sp³-hybridized carbons (Fsp3) is 0.176. The van der Waals surface area contributed by atoms with Gasteiger partial charge in [-0.2, -0.15) is 10.5 Å². The summed E-state index contributed by atoms with van der Waals surface area (Å²) in [5.41, 5.74) is 4.34. The zero-order valence-electron chi connectivity index (χ0n) is 11.5. The van der Waals surface area contributed by atoms with Crippen molar-refractivity contribution in [2.45, 2.75) is 19.6 Å². The molecule has 2 aromatic carbocycles. The first kappa shape index (κ1) is 14.4. The van der Waals surface area contributed by atoms with Crippen LogP contribution in [-0.4, -0.2) is 0 Å². The van der Waals surface area contributed by atoms with Crippen LogP contribution in [0.3, 0.4) is 0 Å². The quantitative estimate of drug-likeness (QED) is 0.760. The van der Waals surface area contributed by atoms with E-state index in [4.69, 9.17) is 20.0 Å². The topological polar surface area (TPSA) is 66.0 Å². The second-order valence-electron chi connectivity index (χ2n) is 4.57. The normalized spacial score (nSPS) is 9.43. The Kier molecular flexibility index (Phi) is 5.20. The van der Waals surface area contributed by atoms with Gasteiger partial charge >= 0.3 is 0 Å². The molecule has 0 atom stereocenters. The second kappa shape index (κ2) is 7.57. The first-order valence-corrected chi connectivity index (χ1v) is 6.49. The average Bonchev–Trinajstić information content (AvgIpc) is 2.53. The van der Waals surface area contributed by atoms with Crippen molar-refractivity contribution in [2.24, 2.45) is 0 Å². The second-order valence-corrected chi connectivity index (χ2v) is 4.57. The minimum atomic E-state index is 0.310. The van der Waals surface area contributed by atoms with Crippen molar-refractivity contribution in [3.63, 3.8) is 0 Å². The van der Waals surface area contributed by atoms with Gasteiger partial charge in [0.15, 0.2) is 0 Å². The lowest BCUT2D eigenvalue weighted by molar-refractivity contribution is 0.257. The number of ether oxygens (including phenoxy) is 2. The molecule has 0 aliphatic carbocycles. The summed E-state index contributed by atoms with van der Waals surface area (Å²) in [4.78, 5) is 0. The molecule has 0 heterocycles. The zero-order valence-corrected chi connectivity index (χ0v) is 11.5. The maximum Gasteiger partial charge on any atom is 0.286 e. The Morgan fingerprint density at radius 3 is 1.29 bits per heavy atom. The number of hydrogen-bond donors (Lipinski definition) is 0. The molecule has 0 amide bonds. The Morgan fingerprint density at radius 1 is 0.619 bits per heavy atom. The van der Waals surface area contributed by atoms with Crippen LogP contribution < -0.4 is 0 Å². The molecule has 21 heavy (non-hydrogen) atoms. The van der Waals surface area contributed by atoms with Crippen LogP contribution in [0.1, 0.15) is 22.3 Å². The standard InChI is InChI=1S/C17H14N2O2/c18-12-20-10-16-5-1-14(2-6-16)9-15-3-7-17(8-4-15)11-21-13-19/h1-8H,9-11H2. The van der Waals surface area contributed by atoms with Gasteiger partial charge in [0, 0.05) is 0 Å². The van der Waals surface area contributed by atoms with E-state index < -0.39 is 0 Å². The fourth-order valence-corrected chi connectivity index (χ4v) is 1.97. The Hall–Kier alpha value is -2.98. The summed E-state index contributed by atoms with van der Waals surface area (Å²) < 4.78 is 9.39. The van der Waals surface area contributed by atoms with Gasteiger partial charge in [0.1, 0.15) is 13.2 Å². The third-order valence-corrected chi connectivity index (χ3v) is 3.06. The number of nitriles is 2. The van der Waals surface area contributed by atoms with E-state index in [0.717, 1.165) is 17.5 Å². The first-order valence-electron chi connectivity index (χ1n) is 6.49. The van der Waals surface area contributed by atoms with Gasteiger partial charge in [-0.05, 0) is 28.7 Å². The molecule has 0 aromatic heterocycles. The summed E-state index contributed by atoms with van der Waals surface area (Å²) in [6.45, 7) is 0.620. The van der Waals surface area contributed by atoms with Crippen LogP contribution in [0.5, 0.6) is 0 Å². The molecule has 104 valence electrons. The fourth-order valence-electron chi connectivity index (χ4n) is 1.97. The van der Waals surface area contributed by atoms with Gasteiger partial charge in [0.2, 0.25) is 0 Å². The molecular formula is C17H14N2O2. The summed E-state index contributed by atoms with van der Waals surface area (Å²) in [5.74, 6) is 0. The number of hydrogen-bond acceptors (Lipinski definition) is 4. The van der Waals surface area contributed by atoms with Gasteiger partial charge in [-0.3, -0.25) is 0 Å². The van der Waals surface area contributed by atoms with Gasteiger partial charge in [0.25, 0.3) is 12.5 Å². The van der Waals surface area contributed by atoms with E-state index in [0.29, 0.717) is 13.2 Å².